The lowest BCUT2D eigenvalue weighted by atomic mass is 9.81. The number of aliphatic hydroxyl groups is 1. The second kappa shape index (κ2) is 4.47. The summed E-state index contributed by atoms with van der Waals surface area (Å²) in [6.07, 6.45) is -4.64. The first-order chi connectivity index (χ1) is 9.42. The number of rotatable bonds is 1. The molecule has 1 N–H and O–H groups in total. The number of esters is 1. The van der Waals surface area contributed by atoms with Crippen molar-refractivity contribution < 1.29 is 27.8 Å². The molecule has 1 aromatic carbocycles. The molecule has 0 amide bonds. The van der Waals surface area contributed by atoms with Gasteiger partial charge in [-0.2, -0.15) is 13.2 Å². The van der Waals surface area contributed by atoms with Crippen LogP contribution in [0.5, 0.6) is 5.75 Å². The van der Waals surface area contributed by atoms with E-state index in [0.29, 0.717) is 17.5 Å². The van der Waals surface area contributed by atoms with Crippen LogP contribution in [0.4, 0.5) is 13.2 Å². The summed E-state index contributed by atoms with van der Waals surface area (Å²) in [6, 6.07) is 2.91. The summed E-state index contributed by atoms with van der Waals surface area (Å²) in [5, 5.41) is 9.96. The molecule has 0 bridgehead atoms. The molecule has 0 fully saturated rings. The van der Waals surface area contributed by atoms with E-state index >= 15 is 0 Å². The average molecular weight is 302 g/mol. The van der Waals surface area contributed by atoms with E-state index in [4.69, 9.17) is 4.74 Å². The molecule has 3 nitrogen and oxygen atoms in total. The summed E-state index contributed by atoms with van der Waals surface area (Å²) in [6.45, 7) is 7.21. The molecular weight excluding hydrogens is 285 g/mol. The molecule has 0 saturated carbocycles. The van der Waals surface area contributed by atoms with Gasteiger partial charge in [-0.3, -0.25) is 0 Å². The topological polar surface area (TPSA) is 46.5 Å². The highest BCUT2D eigenvalue weighted by atomic mass is 19.4. The lowest BCUT2D eigenvalue weighted by Crippen LogP contribution is -2.47. The smallest absolute Gasteiger partial charge is 0.423 e. The van der Waals surface area contributed by atoms with Gasteiger partial charge in [-0.15, -0.1) is 0 Å². The van der Waals surface area contributed by atoms with E-state index in [1.54, 1.807) is 33.8 Å². The van der Waals surface area contributed by atoms with Crippen molar-refractivity contribution in [1.82, 2.24) is 0 Å². The summed E-state index contributed by atoms with van der Waals surface area (Å²) >= 11 is 0. The molecule has 1 aliphatic heterocycles. The Kier molecular flexibility index (Phi) is 3.36. The van der Waals surface area contributed by atoms with Crippen LogP contribution in [0.25, 0.3) is 0 Å². The van der Waals surface area contributed by atoms with Crippen molar-refractivity contribution in [1.29, 1.82) is 0 Å². The fourth-order valence-corrected chi connectivity index (χ4v) is 2.37. The van der Waals surface area contributed by atoms with Crippen LogP contribution < -0.4 is 4.74 Å². The van der Waals surface area contributed by atoms with Crippen molar-refractivity contribution in [2.24, 2.45) is 0 Å². The van der Waals surface area contributed by atoms with Crippen LogP contribution >= 0.6 is 0 Å². The summed E-state index contributed by atoms with van der Waals surface area (Å²) in [7, 11) is 0. The van der Waals surface area contributed by atoms with E-state index in [9.17, 15) is 23.1 Å². The number of hydrogen-bond donors (Lipinski definition) is 1. The first-order valence-electron chi connectivity index (χ1n) is 6.62. The minimum Gasteiger partial charge on any atom is -0.423 e. The van der Waals surface area contributed by atoms with Gasteiger partial charge in [-0.05, 0) is 23.5 Å². The zero-order valence-electron chi connectivity index (χ0n) is 12.3. The largest absolute Gasteiger partial charge is 0.432 e. The molecule has 6 heteroatoms. The molecule has 1 aliphatic rings. The van der Waals surface area contributed by atoms with Crippen LogP contribution in [-0.2, 0) is 22.2 Å². The third-order valence-electron chi connectivity index (χ3n) is 3.66. The molecular formula is C15H17F3O3. The molecule has 0 spiro atoms. The second-order valence-corrected chi connectivity index (χ2v) is 6.22. The van der Waals surface area contributed by atoms with Crippen molar-refractivity contribution in [2.75, 3.05) is 0 Å². The number of ether oxygens (including phenoxy) is 1. The van der Waals surface area contributed by atoms with E-state index in [0.717, 1.165) is 0 Å². The lowest BCUT2D eigenvalue weighted by Gasteiger charge is -2.25. The Hall–Kier alpha value is -1.56. The van der Waals surface area contributed by atoms with Gasteiger partial charge in [0, 0.05) is 11.1 Å². The monoisotopic (exact) mass is 302 g/mol. The molecule has 0 radical (unpaired) electrons. The van der Waals surface area contributed by atoms with Crippen LogP contribution in [-0.4, -0.2) is 17.3 Å². The number of aryl methyl sites for hydroxylation is 1. The fraction of sp³-hybridized carbons (Fsp3) is 0.533. The number of alkyl halides is 3. The van der Waals surface area contributed by atoms with E-state index in [1.807, 2.05) is 0 Å². The summed E-state index contributed by atoms with van der Waals surface area (Å²) in [5.74, 6) is -1.87. The first-order valence-corrected chi connectivity index (χ1v) is 6.62. The molecule has 0 aliphatic carbocycles. The number of carbonyl (C=O) groups excluding carboxylic acids is 1. The molecule has 0 unspecified atom stereocenters. The van der Waals surface area contributed by atoms with Crippen LogP contribution in [0.1, 0.15) is 44.4 Å². The Balaban J connectivity index is 2.80. The van der Waals surface area contributed by atoms with Crippen LogP contribution in [0.3, 0.4) is 0 Å². The van der Waals surface area contributed by atoms with Crippen molar-refractivity contribution >= 4 is 5.97 Å². The van der Waals surface area contributed by atoms with Gasteiger partial charge in [-0.25, -0.2) is 4.79 Å². The van der Waals surface area contributed by atoms with Crippen LogP contribution in [0, 0.1) is 0 Å². The Morgan fingerprint density at radius 1 is 1.24 bits per heavy atom. The molecule has 1 atom stereocenters. The van der Waals surface area contributed by atoms with Gasteiger partial charge in [0.1, 0.15) is 5.75 Å². The van der Waals surface area contributed by atoms with E-state index in [1.165, 1.54) is 6.07 Å². The summed E-state index contributed by atoms with van der Waals surface area (Å²) in [4.78, 5) is 11.7. The Bertz CT molecular complexity index is 599. The van der Waals surface area contributed by atoms with Crippen LogP contribution in [0.15, 0.2) is 12.1 Å². The maximum atomic E-state index is 13.2. The van der Waals surface area contributed by atoms with Crippen molar-refractivity contribution in [3.63, 3.8) is 0 Å². The highest BCUT2D eigenvalue weighted by Crippen LogP contribution is 2.51. The molecule has 2 rings (SSSR count). The van der Waals surface area contributed by atoms with Gasteiger partial charge in [0.05, 0.1) is 0 Å². The van der Waals surface area contributed by atoms with Gasteiger partial charge in [0.15, 0.2) is 0 Å². The van der Waals surface area contributed by atoms with Crippen molar-refractivity contribution in [3.05, 3.63) is 28.8 Å². The van der Waals surface area contributed by atoms with Crippen LogP contribution in [0.2, 0.25) is 0 Å². The Morgan fingerprint density at radius 2 is 1.81 bits per heavy atom. The number of halogens is 3. The highest BCUT2D eigenvalue weighted by molar-refractivity contribution is 5.90. The minimum atomic E-state index is -5.13. The van der Waals surface area contributed by atoms with Gasteiger partial charge >= 0.3 is 12.1 Å². The Labute approximate surface area is 120 Å². The quantitative estimate of drug-likeness (QED) is 0.640. The van der Waals surface area contributed by atoms with Crippen molar-refractivity contribution in [2.45, 2.75) is 51.3 Å². The predicted octanol–water partition coefficient (Wildman–Crippen LogP) is 3.22. The zero-order valence-corrected chi connectivity index (χ0v) is 12.3. The van der Waals surface area contributed by atoms with E-state index in [-0.39, 0.29) is 5.75 Å². The summed E-state index contributed by atoms with van der Waals surface area (Å²) < 4.78 is 44.4. The number of fused-ring (bicyclic) bond motifs is 1. The Morgan fingerprint density at radius 3 is 2.24 bits per heavy atom. The molecule has 0 saturated heterocycles. The van der Waals surface area contributed by atoms with Crippen molar-refractivity contribution in [3.8, 4) is 5.75 Å². The molecule has 116 valence electrons. The third-order valence-corrected chi connectivity index (χ3v) is 3.66. The lowest BCUT2D eigenvalue weighted by molar-refractivity contribution is -0.258. The normalized spacial score (nSPS) is 22.2. The van der Waals surface area contributed by atoms with Gasteiger partial charge in [-0.1, -0.05) is 33.8 Å². The fourth-order valence-electron chi connectivity index (χ4n) is 2.37. The molecule has 1 aromatic rings. The number of hydrogen-bond acceptors (Lipinski definition) is 3. The second-order valence-electron chi connectivity index (χ2n) is 6.22. The predicted molar refractivity (Wildman–Crippen MR) is 70.1 cm³/mol. The summed E-state index contributed by atoms with van der Waals surface area (Å²) in [5.41, 5.74) is -3.53. The SMILES string of the molecule is CCc1cc(C(C)(C)C)c2c(c1)[C@](O)(C(F)(F)F)C(=O)O2. The van der Waals surface area contributed by atoms with Gasteiger partial charge in [0.25, 0.3) is 5.60 Å². The average Bonchev–Trinajstić information content (AvgIpc) is 2.60. The van der Waals surface area contributed by atoms with Gasteiger partial charge in [0.2, 0.25) is 0 Å². The highest BCUT2D eigenvalue weighted by Gasteiger charge is 2.67. The standard InChI is InChI=1S/C15H17F3O3/c1-5-8-6-9(13(2,3)4)11-10(7-8)14(20,12(19)21-11)15(16,17)18/h6-7,20H,5H2,1-4H3/t14-/m1/s1. The molecule has 1 heterocycles. The minimum absolute atomic E-state index is 0.176. The zero-order chi connectivity index (χ0) is 16.2. The third kappa shape index (κ3) is 2.21. The maximum absolute atomic E-state index is 13.2. The number of carbonyl (C=O) groups is 1. The van der Waals surface area contributed by atoms with Gasteiger partial charge < -0.3 is 9.84 Å². The van der Waals surface area contributed by atoms with E-state index < -0.39 is 28.7 Å². The number of benzene rings is 1. The molecule has 21 heavy (non-hydrogen) atoms. The molecule has 0 aromatic heterocycles. The van der Waals surface area contributed by atoms with E-state index in [2.05, 4.69) is 0 Å². The first kappa shape index (κ1) is 15.8. The maximum Gasteiger partial charge on any atom is 0.432 e.